The van der Waals surface area contributed by atoms with Crippen LogP contribution >= 0.6 is 0 Å². The van der Waals surface area contributed by atoms with Crippen molar-refractivity contribution in [3.05, 3.63) is 82.6 Å². The number of carbonyl (C=O) groups excluding carboxylic acids is 1. The maximum Gasteiger partial charge on any atom is 0.227 e. The van der Waals surface area contributed by atoms with Gasteiger partial charge < -0.3 is 24.3 Å². The minimum absolute atomic E-state index is 0.0872. The van der Waals surface area contributed by atoms with E-state index in [-0.39, 0.29) is 35.5 Å². The number of hydrogen-bond acceptors (Lipinski definition) is 5. The summed E-state index contributed by atoms with van der Waals surface area (Å²) in [5.41, 5.74) is 4.72. The number of allylic oxidation sites excluding steroid dienone is 2. The van der Waals surface area contributed by atoms with Crippen LogP contribution in [0.25, 0.3) is 17.2 Å². The van der Waals surface area contributed by atoms with Crippen molar-refractivity contribution in [1.29, 1.82) is 0 Å². The zero-order chi connectivity index (χ0) is 26.4. The Bertz CT molecular complexity index is 1270. The summed E-state index contributed by atoms with van der Waals surface area (Å²) in [6.07, 6.45) is 3.47. The zero-order valence-electron chi connectivity index (χ0n) is 21.4. The van der Waals surface area contributed by atoms with Crippen LogP contribution in [0.3, 0.4) is 0 Å². The van der Waals surface area contributed by atoms with E-state index in [4.69, 9.17) is 13.9 Å². The number of phenols is 1. The van der Waals surface area contributed by atoms with Gasteiger partial charge in [-0.1, -0.05) is 19.9 Å². The second kappa shape index (κ2) is 11.6. The Balaban J connectivity index is 0.00000176. The summed E-state index contributed by atoms with van der Waals surface area (Å²) in [4.78, 5) is 13.0. The Labute approximate surface area is 211 Å². The number of nitrogens with one attached hydrogen (secondary N) is 1. The summed E-state index contributed by atoms with van der Waals surface area (Å²) in [6.45, 7) is 8.00. The maximum atomic E-state index is 14.2. The molecule has 1 aliphatic carbocycles. The Morgan fingerprint density at radius 1 is 1.11 bits per heavy atom. The summed E-state index contributed by atoms with van der Waals surface area (Å²) >= 11 is 0. The third kappa shape index (κ3) is 5.30. The molecule has 0 spiro atoms. The molecule has 7 heteroatoms. The molecular weight excluding hydrogens is 461 g/mol. The van der Waals surface area contributed by atoms with Gasteiger partial charge in [0.25, 0.3) is 0 Å². The predicted molar refractivity (Wildman–Crippen MR) is 139 cm³/mol. The molecule has 36 heavy (non-hydrogen) atoms. The summed E-state index contributed by atoms with van der Waals surface area (Å²) < 4.78 is 30.1. The van der Waals surface area contributed by atoms with E-state index in [0.29, 0.717) is 11.3 Å². The number of amides is 1. The first-order chi connectivity index (χ1) is 17.3. The van der Waals surface area contributed by atoms with Gasteiger partial charge >= 0.3 is 0 Å². The van der Waals surface area contributed by atoms with Gasteiger partial charge in [0.15, 0.2) is 11.5 Å². The van der Waals surface area contributed by atoms with E-state index >= 15 is 0 Å². The van der Waals surface area contributed by atoms with Crippen LogP contribution in [-0.4, -0.2) is 25.2 Å². The fourth-order valence-corrected chi connectivity index (χ4v) is 4.30. The molecular formula is C29H32FNO5. The minimum Gasteiger partial charge on any atom is -0.502 e. The van der Waals surface area contributed by atoms with E-state index in [0.717, 1.165) is 27.8 Å². The maximum absolute atomic E-state index is 14.2. The topological polar surface area (TPSA) is 80.9 Å². The number of carbonyl (C=O) groups is 1. The molecule has 1 amide bonds. The lowest BCUT2D eigenvalue weighted by Crippen LogP contribution is -2.29. The standard InChI is InChI=1S/C27H26FNO5.C2H6/c1-15-21(10-17-11-23(32-3)26(30)24(12-17)33-4)20-8-7-18(28)13-22(20)25(15)16(2)27(31)29-14-19-6-5-9-34-19;1-2/h5-13,16,30H,14H2,1-4H3,(H,29,31);1-2H3/b21-10-;. The molecule has 2 N–H and O–H groups in total. The van der Waals surface area contributed by atoms with Crippen LogP contribution in [0.4, 0.5) is 4.39 Å². The van der Waals surface area contributed by atoms with Crippen LogP contribution in [0.15, 0.2) is 58.7 Å². The van der Waals surface area contributed by atoms with Gasteiger partial charge in [0.05, 0.1) is 32.9 Å². The smallest absolute Gasteiger partial charge is 0.227 e. The number of aromatic hydroxyl groups is 1. The van der Waals surface area contributed by atoms with Gasteiger partial charge in [-0.25, -0.2) is 4.39 Å². The normalized spacial score (nSPS) is 14.1. The van der Waals surface area contributed by atoms with Gasteiger partial charge in [-0.15, -0.1) is 0 Å². The van der Waals surface area contributed by atoms with Gasteiger partial charge in [0.2, 0.25) is 11.7 Å². The third-order valence-corrected chi connectivity index (χ3v) is 6.03. The van der Waals surface area contributed by atoms with Gasteiger partial charge in [-0.3, -0.25) is 4.79 Å². The summed E-state index contributed by atoms with van der Waals surface area (Å²) in [5, 5.41) is 13.1. The number of rotatable bonds is 7. The molecule has 0 aliphatic heterocycles. The second-order valence-electron chi connectivity index (χ2n) is 8.08. The Morgan fingerprint density at radius 2 is 1.78 bits per heavy atom. The fourth-order valence-electron chi connectivity index (χ4n) is 4.30. The Morgan fingerprint density at radius 3 is 2.36 bits per heavy atom. The summed E-state index contributed by atoms with van der Waals surface area (Å²) in [5.74, 6) is 0.0323. The quantitative estimate of drug-likeness (QED) is 0.395. The number of methoxy groups -OCH3 is 2. The number of benzene rings is 2. The monoisotopic (exact) mass is 493 g/mol. The van der Waals surface area contributed by atoms with Crippen molar-refractivity contribution in [1.82, 2.24) is 5.32 Å². The third-order valence-electron chi connectivity index (χ3n) is 6.03. The number of ether oxygens (including phenoxy) is 2. The SMILES string of the molecule is CC.COc1cc(/C=C2/C(C)=C(C(C)C(=O)NCc3ccco3)c3cc(F)ccc32)cc(OC)c1O. The van der Waals surface area contributed by atoms with E-state index < -0.39 is 5.92 Å². The van der Waals surface area contributed by atoms with E-state index in [2.05, 4.69) is 5.32 Å². The van der Waals surface area contributed by atoms with Gasteiger partial charge in [-0.05, 0) is 89.7 Å². The molecule has 1 atom stereocenters. The van der Waals surface area contributed by atoms with Crippen LogP contribution in [0, 0.1) is 11.7 Å². The average molecular weight is 494 g/mol. The van der Waals surface area contributed by atoms with Crippen molar-refractivity contribution in [2.75, 3.05) is 14.2 Å². The van der Waals surface area contributed by atoms with Gasteiger partial charge in [0.1, 0.15) is 11.6 Å². The molecule has 1 unspecified atom stereocenters. The van der Waals surface area contributed by atoms with Crippen LogP contribution in [0.2, 0.25) is 0 Å². The average Bonchev–Trinajstić information content (AvgIpc) is 3.50. The molecule has 0 saturated carbocycles. The first-order valence-electron chi connectivity index (χ1n) is 11.8. The molecule has 1 heterocycles. The molecule has 4 rings (SSSR count). The molecule has 1 aliphatic rings. The first kappa shape index (κ1) is 26.6. The highest BCUT2D eigenvalue weighted by molar-refractivity contribution is 6.09. The molecule has 6 nitrogen and oxygen atoms in total. The van der Waals surface area contributed by atoms with Crippen LogP contribution < -0.4 is 14.8 Å². The van der Waals surface area contributed by atoms with Crippen molar-refractivity contribution in [3.63, 3.8) is 0 Å². The molecule has 190 valence electrons. The number of halogens is 1. The number of fused-ring (bicyclic) bond motifs is 1. The Kier molecular flexibility index (Phi) is 8.59. The molecule has 0 saturated heterocycles. The fraction of sp³-hybridized carbons (Fsp3) is 0.276. The summed E-state index contributed by atoms with van der Waals surface area (Å²) in [6, 6.07) is 11.5. The predicted octanol–water partition coefficient (Wildman–Crippen LogP) is 6.45. The van der Waals surface area contributed by atoms with Crippen molar-refractivity contribution in [2.45, 2.75) is 34.2 Å². The van der Waals surface area contributed by atoms with Crippen LogP contribution in [-0.2, 0) is 11.3 Å². The zero-order valence-corrected chi connectivity index (χ0v) is 21.4. The molecule has 0 bridgehead atoms. The molecule has 0 fully saturated rings. The highest BCUT2D eigenvalue weighted by Crippen LogP contribution is 2.46. The molecule has 0 radical (unpaired) electrons. The van der Waals surface area contributed by atoms with Crippen molar-refractivity contribution >= 4 is 23.1 Å². The highest BCUT2D eigenvalue weighted by atomic mass is 19.1. The highest BCUT2D eigenvalue weighted by Gasteiger charge is 2.31. The van der Waals surface area contributed by atoms with Crippen molar-refractivity contribution < 1.29 is 28.2 Å². The number of furan rings is 1. The van der Waals surface area contributed by atoms with E-state index in [1.165, 1.54) is 26.4 Å². The molecule has 3 aromatic rings. The van der Waals surface area contributed by atoms with Crippen molar-refractivity contribution in [2.24, 2.45) is 5.92 Å². The first-order valence-corrected chi connectivity index (χ1v) is 11.8. The Hall–Kier alpha value is -4.00. The lowest BCUT2D eigenvalue weighted by atomic mass is 9.92. The van der Waals surface area contributed by atoms with Gasteiger partial charge in [-0.2, -0.15) is 0 Å². The summed E-state index contributed by atoms with van der Waals surface area (Å²) in [7, 11) is 2.93. The number of phenolic OH excluding ortho intramolecular Hbond substituents is 1. The molecule has 1 aromatic heterocycles. The van der Waals surface area contributed by atoms with E-state index in [1.807, 2.05) is 26.8 Å². The number of hydrogen-bond donors (Lipinski definition) is 2. The van der Waals surface area contributed by atoms with Crippen LogP contribution in [0.5, 0.6) is 17.2 Å². The van der Waals surface area contributed by atoms with E-state index in [1.54, 1.807) is 43.5 Å². The lowest BCUT2D eigenvalue weighted by Gasteiger charge is -2.15. The van der Waals surface area contributed by atoms with Crippen LogP contribution in [0.1, 0.15) is 50.1 Å². The van der Waals surface area contributed by atoms with Crippen molar-refractivity contribution in [3.8, 4) is 17.2 Å². The minimum atomic E-state index is -0.523. The largest absolute Gasteiger partial charge is 0.502 e. The lowest BCUT2D eigenvalue weighted by molar-refractivity contribution is -0.123. The van der Waals surface area contributed by atoms with E-state index in [9.17, 15) is 14.3 Å². The van der Waals surface area contributed by atoms with Gasteiger partial charge in [0, 0.05) is 0 Å². The second-order valence-corrected chi connectivity index (χ2v) is 8.08. The molecule has 2 aromatic carbocycles.